The third-order valence-corrected chi connectivity index (χ3v) is 4.28. The van der Waals surface area contributed by atoms with Crippen LogP contribution >= 0.6 is 28.1 Å². The zero-order valence-corrected chi connectivity index (χ0v) is 16.2. The molecule has 2 rings (SSSR count). The second-order valence-electron chi connectivity index (χ2n) is 5.27. The van der Waals surface area contributed by atoms with E-state index in [-0.39, 0.29) is 23.5 Å². The number of thiocarbonyl (C=S) groups is 1. The predicted molar refractivity (Wildman–Crippen MR) is 108 cm³/mol. The van der Waals surface area contributed by atoms with Crippen LogP contribution in [0.3, 0.4) is 0 Å². The highest BCUT2D eigenvalue weighted by molar-refractivity contribution is 9.10. The lowest BCUT2D eigenvalue weighted by Gasteiger charge is -2.14. The Morgan fingerprint density at radius 3 is 2.35 bits per heavy atom. The highest BCUT2D eigenvalue weighted by Gasteiger charge is 2.14. The third kappa shape index (κ3) is 5.62. The molecule has 0 bridgehead atoms. The number of para-hydroxylation sites is 1. The Morgan fingerprint density at radius 1 is 1.00 bits per heavy atom. The minimum atomic E-state index is -0.361. The summed E-state index contributed by atoms with van der Waals surface area (Å²) in [5.74, 6) is -0.652. The quantitative estimate of drug-likeness (QED) is 0.413. The first kappa shape index (κ1) is 20.0. The third-order valence-electron chi connectivity index (χ3n) is 3.39. The number of nitrogens with one attached hydrogen (secondary N) is 3. The van der Waals surface area contributed by atoms with Crippen molar-refractivity contribution < 1.29 is 14.7 Å². The molecule has 2 aromatic carbocycles. The van der Waals surface area contributed by atoms with Gasteiger partial charge in [-0.3, -0.25) is 14.9 Å². The van der Waals surface area contributed by atoms with Gasteiger partial charge in [-0.15, -0.1) is 0 Å². The molecule has 0 radical (unpaired) electrons. The molecule has 2 aromatic rings. The van der Waals surface area contributed by atoms with E-state index in [1.54, 1.807) is 42.5 Å². The van der Waals surface area contributed by atoms with Crippen LogP contribution in [0.2, 0.25) is 0 Å². The second-order valence-corrected chi connectivity index (χ2v) is 6.53. The van der Waals surface area contributed by atoms with Crippen LogP contribution in [0.5, 0.6) is 0 Å². The molecule has 8 heteroatoms. The highest BCUT2D eigenvalue weighted by atomic mass is 79.9. The van der Waals surface area contributed by atoms with Gasteiger partial charge < -0.3 is 15.7 Å². The van der Waals surface area contributed by atoms with Crippen LogP contribution in [0.15, 0.2) is 53.0 Å². The summed E-state index contributed by atoms with van der Waals surface area (Å²) in [5.41, 5.74) is 1.32. The van der Waals surface area contributed by atoms with E-state index in [2.05, 4.69) is 31.9 Å². The number of amides is 2. The van der Waals surface area contributed by atoms with Crippen molar-refractivity contribution in [3.63, 3.8) is 0 Å². The van der Waals surface area contributed by atoms with E-state index in [0.29, 0.717) is 34.3 Å². The number of hydrogen-bond donors (Lipinski definition) is 4. The SMILES string of the molecule is O=C(NC(=S)Nc1ccccc1C(=O)NCCCO)c1ccccc1Br. The molecule has 0 aliphatic carbocycles. The normalized spacial score (nSPS) is 10.1. The van der Waals surface area contributed by atoms with Gasteiger partial charge in [-0.1, -0.05) is 24.3 Å². The van der Waals surface area contributed by atoms with E-state index < -0.39 is 0 Å². The summed E-state index contributed by atoms with van der Waals surface area (Å²) in [7, 11) is 0. The number of hydrogen-bond acceptors (Lipinski definition) is 4. The minimum Gasteiger partial charge on any atom is -0.396 e. The number of benzene rings is 2. The summed E-state index contributed by atoms with van der Waals surface area (Å²) in [6.45, 7) is 0.373. The molecule has 26 heavy (non-hydrogen) atoms. The van der Waals surface area contributed by atoms with Gasteiger partial charge >= 0.3 is 0 Å². The van der Waals surface area contributed by atoms with Crippen LogP contribution in [0.1, 0.15) is 27.1 Å². The van der Waals surface area contributed by atoms with Crippen molar-refractivity contribution in [2.45, 2.75) is 6.42 Å². The monoisotopic (exact) mass is 435 g/mol. The standard InChI is InChI=1S/C18H18BrN3O3S/c19-14-8-3-1-6-12(14)17(25)22-18(26)21-15-9-4-2-7-13(15)16(24)20-10-5-11-23/h1-4,6-9,23H,5,10-11H2,(H,20,24)(H2,21,22,25,26). The van der Waals surface area contributed by atoms with Crippen LogP contribution < -0.4 is 16.0 Å². The van der Waals surface area contributed by atoms with E-state index in [4.69, 9.17) is 17.3 Å². The Bertz CT molecular complexity index is 814. The Balaban J connectivity index is 2.04. The minimum absolute atomic E-state index is 0.00530. The second kappa shape index (κ2) is 10.0. The molecule has 0 aliphatic heterocycles. The lowest BCUT2D eigenvalue weighted by molar-refractivity contribution is 0.0950. The molecule has 0 atom stereocenters. The molecule has 0 heterocycles. The Hall–Kier alpha value is -2.29. The van der Waals surface area contributed by atoms with Crippen molar-refractivity contribution in [1.82, 2.24) is 10.6 Å². The summed E-state index contributed by atoms with van der Waals surface area (Å²) in [5, 5.41) is 17.1. The lowest BCUT2D eigenvalue weighted by Crippen LogP contribution is -2.35. The zero-order valence-electron chi connectivity index (χ0n) is 13.8. The first-order valence-electron chi connectivity index (χ1n) is 7.88. The number of halogens is 1. The van der Waals surface area contributed by atoms with Gasteiger partial charge in [0.1, 0.15) is 0 Å². The van der Waals surface area contributed by atoms with E-state index in [9.17, 15) is 9.59 Å². The Kier molecular flexibility index (Phi) is 7.71. The highest BCUT2D eigenvalue weighted by Crippen LogP contribution is 2.17. The number of aliphatic hydroxyl groups is 1. The molecule has 136 valence electrons. The molecule has 0 aliphatic rings. The summed E-state index contributed by atoms with van der Waals surface area (Å²) in [6, 6.07) is 13.8. The molecule has 4 N–H and O–H groups in total. The summed E-state index contributed by atoms with van der Waals surface area (Å²) in [6.07, 6.45) is 0.474. The van der Waals surface area contributed by atoms with Crippen molar-refractivity contribution in [3.8, 4) is 0 Å². The molecule has 6 nitrogen and oxygen atoms in total. The topological polar surface area (TPSA) is 90.5 Å². The molecule has 0 aromatic heterocycles. The molecular weight excluding hydrogens is 418 g/mol. The number of anilines is 1. The number of aliphatic hydroxyl groups excluding tert-OH is 1. The molecule has 0 unspecified atom stereocenters. The van der Waals surface area contributed by atoms with Gasteiger partial charge in [-0.05, 0) is 58.8 Å². The van der Waals surface area contributed by atoms with Crippen LogP contribution in [0.25, 0.3) is 0 Å². The van der Waals surface area contributed by atoms with E-state index in [0.717, 1.165) is 0 Å². The average molecular weight is 436 g/mol. The average Bonchev–Trinajstić information content (AvgIpc) is 2.62. The van der Waals surface area contributed by atoms with Crippen LogP contribution in [-0.4, -0.2) is 35.2 Å². The van der Waals surface area contributed by atoms with Crippen molar-refractivity contribution in [2.24, 2.45) is 0 Å². The van der Waals surface area contributed by atoms with Gasteiger partial charge in [0.15, 0.2) is 5.11 Å². The molecule has 0 fully saturated rings. The number of carbonyl (C=O) groups is 2. The zero-order chi connectivity index (χ0) is 18.9. The maximum absolute atomic E-state index is 12.3. The fourth-order valence-corrected chi connectivity index (χ4v) is 2.80. The van der Waals surface area contributed by atoms with Crippen molar-refractivity contribution in [2.75, 3.05) is 18.5 Å². The first-order valence-corrected chi connectivity index (χ1v) is 9.08. The van der Waals surface area contributed by atoms with Gasteiger partial charge in [0.05, 0.1) is 16.8 Å². The Labute approximate surface area is 165 Å². The number of carbonyl (C=O) groups excluding carboxylic acids is 2. The fourth-order valence-electron chi connectivity index (χ4n) is 2.14. The van der Waals surface area contributed by atoms with Crippen molar-refractivity contribution in [3.05, 3.63) is 64.1 Å². The summed E-state index contributed by atoms with van der Waals surface area (Å²) >= 11 is 8.50. The maximum Gasteiger partial charge on any atom is 0.258 e. The Morgan fingerprint density at radius 2 is 1.65 bits per heavy atom. The van der Waals surface area contributed by atoms with Gasteiger partial charge in [0.25, 0.3) is 11.8 Å². The van der Waals surface area contributed by atoms with Gasteiger partial charge in [-0.2, -0.15) is 0 Å². The number of rotatable bonds is 6. The molecule has 2 amide bonds. The van der Waals surface area contributed by atoms with Crippen molar-refractivity contribution >= 4 is 50.8 Å². The van der Waals surface area contributed by atoms with E-state index in [1.165, 1.54) is 0 Å². The summed E-state index contributed by atoms with van der Waals surface area (Å²) < 4.78 is 0.656. The fraction of sp³-hybridized carbons (Fsp3) is 0.167. The maximum atomic E-state index is 12.3. The van der Waals surface area contributed by atoms with Gasteiger partial charge in [-0.25, -0.2) is 0 Å². The van der Waals surface area contributed by atoms with Gasteiger partial charge in [0, 0.05) is 17.6 Å². The van der Waals surface area contributed by atoms with Crippen LogP contribution in [-0.2, 0) is 0 Å². The smallest absolute Gasteiger partial charge is 0.258 e. The van der Waals surface area contributed by atoms with Gasteiger partial charge in [0.2, 0.25) is 0 Å². The molecular formula is C18H18BrN3O3S. The predicted octanol–water partition coefficient (Wildman–Crippen LogP) is 2.69. The van der Waals surface area contributed by atoms with E-state index >= 15 is 0 Å². The van der Waals surface area contributed by atoms with Crippen LogP contribution in [0, 0.1) is 0 Å². The van der Waals surface area contributed by atoms with Crippen LogP contribution in [0.4, 0.5) is 5.69 Å². The molecule has 0 spiro atoms. The lowest BCUT2D eigenvalue weighted by atomic mass is 10.1. The summed E-state index contributed by atoms with van der Waals surface area (Å²) in [4.78, 5) is 24.5. The van der Waals surface area contributed by atoms with Crippen molar-refractivity contribution in [1.29, 1.82) is 0 Å². The van der Waals surface area contributed by atoms with E-state index in [1.807, 2.05) is 6.07 Å². The largest absolute Gasteiger partial charge is 0.396 e. The molecule has 0 saturated carbocycles. The molecule has 0 saturated heterocycles. The first-order chi connectivity index (χ1) is 12.5.